The number of nitrogens with zero attached hydrogens (tertiary/aromatic N) is 1. The zero-order valence-electron chi connectivity index (χ0n) is 17.5. The van der Waals surface area contributed by atoms with Gasteiger partial charge in [0.2, 0.25) is 0 Å². The Morgan fingerprint density at radius 3 is 2.62 bits per heavy atom. The van der Waals surface area contributed by atoms with E-state index in [4.69, 9.17) is 0 Å². The van der Waals surface area contributed by atoms with Crippen molar-refractivity contribution in [2.24, 2.45) is 4.99 Å². The van der Waals surface area contributed by atoms with Crippen LogP contribution in [-0.2, 0) is 10.8 Å². The lowest BCUT2D eigenvalue weighted by molar-refractivity contribution is 0.0953. The van der Waals surface area contributed by atoms with E-state index in [2.05, 4.69) is 20.9 Å². The van der Waals surface area contributed by atoms with Crippen molar-refractivity contribution >= 4 is 46.6 Å². The molecular weight excluding hydrogens is 499 g/mol. The maximum absolute atomic E-state index is 12.1. The number of amides is 1. The molecule has 3 atom stereocenters. The Morgan fingerprint density at radius 2 is 1.93 bits per heavy atom. The van der Waals surface area contributed by atoms with Crippen LogP contribution in [0.1, 0.15) is 56.3 Å². The van der Waals surface area contributed by atoms with Crippen molar-refractivity contribution in [1.82, 2.24) is 16.0 Å². The predicted molar refractivity (Wildman–Crippen MR) is 133 cm³/mol. The fourth-order valence-electron chi connectivity index (χ4n) is 3.43. The van der Waals surface area contributed by atoms with Crippen LogP contribution in [0.2, 0.25) is 0 Å². The molecule has 1 aliphatic carbocycles. The number of guanidine groups is 1. The maximum atomic E-state index is 12.1. The van der Waals surface area contributed by atoms with Crippen molar-refractivity contribution < 1.29 is 9.00 Å². The molecule has 3 unspecified atom stereocenters. The Balaban J connectivity index is 0.00000420. The molecule has 1 fully saturated rings. The highest BCUT2D eigenvalue weighted by Gasteiger charge is 2.25. The van der Waals surface area contributed by atoms with Crippen LogP contribution in [0.4, 0.5) is 0 Å². The second-order valence-electron chi connectivity index (χ2n) is 7.04. The van der Waals surface area contributed by atoms with E-state index in [0.29, 0.717) is 29.9 Å². The van der Waals surface area contributed by atoms with E-state index >= 15 is 0 Å². The molecule has 1 aliphatic rings. The van der Waals surface area contributed by atoms with E-state index in [1.807, 2.05) is 44.2 Å². The van der Waals surface area contributed by atoms with E-state index < -0.39 is 10.8 Å². The molecule has 1 aromatic rings. The third-order valence-corrected chi connectivity index (χ3v) is 6.63. The zero-order chi connectivity index (χ0) is 20.2. The molecule has 0 bridgehead atoms. The minimum atomic E-state index is -0.722. The normalized spacial score (nSPS) is 20.3. The van der Waals surface area contributed by atoms with Crippen LogP contribution in [0, 0.1) is 0 Å². The Bertz CT molecular complexity index is 657. The average molecular weight is 535 g/mol. The number of halogens is 1. The van der Waals surface area contributed by atoms with Crippen LogP contribution in [-0.4, -0.2) is 52.8 Å². The van der Waals surface area contributed by atoms with E-state index in [1.54, 1.807) is 0 Å². The first-order valence-electron chi connectivity index (χ1n) is 10.4. The Kier molecular flexibility index (Phi) is 13.2. The minimum Gasteiger partial charge on any atom is -0.357 e. The summed E-state index contributed by atoms with van der Waals surface area (Å²) in [5.74, 6) is 1.50. The molecule has 0 spiro atoms. The molecule has 2 rings (SSSR count). The second-order valence-corrected chi connectivity index (χ2v) is 9.04. The first kappa shape index (κ1) is 25.9. The molecule has 0 heterocycles. The topological polar surface area (TPSA) is 82.6 Å². The third kappa shape index (κ3) is 9.46. The maximum Gasteiger partial charge on any atom is 0.251 e. The highest BCUT2D eigenvalue weighted by atomic mass is 127. The van der Waals surface area contributed by atoms with Crippen LogP contribution in [0.15, 0.2) is 35.3 Å². The van der Waals surface area contributed by atoms with Crippen LogP contribution < -0.4 is 16.0 Å². The van der Waals surface area contributed by atoms with Crippen molar-refractivity contribution in [3.05, 3.63) is 35.9 Å². The van der Waals surface area contributed by atoms with Gasteiger partial charge in [-0.15, -0.1) is 24.0 Å². The number of carbonyl (C=O) groups excluding carboxylic acids is 1. The van der Waals surface area contributed by atoms with Gasteiger partial charge in [0.15, 0.2) is 5.96 Å². The SMILES string of the molecule is CCNC(=NCCCNC(=O)c1ccccc1)NC1CCCC(S(=O)CC)C1.I. The first-order chi connectivity index (χ1) is 13.6. The highest BCUT2D eigenvalue weighted by molar-refractivity contribution is 14.0. The molecule has 1 amide bonds. The van der Waals surface area contributed by atoms with Gasteiger partial charge in [0.1, 0.15) is 0 Å². The van der Waals surface area contributed by atoms with E-state index in [-0.39, 0.29) is 29.9 Å². The molecular formula is C21H35IN4O2S. The van der Waals surface area contributed by atoms with Gasteiger partial charge in [0.25, 0.3) is 5.91 Å². The second kappa shape index (κ2) is 14.8. The molecule has 8 heteroatoms. The number of hydrogen-bond donors (Lipinski definition) is 3. The van der Waals surface area contributed by atoms with Gasteiger partial charge in [0.05, 0.1) is 0 Å². The van der Waals surface area contributed by atoms with E-state index in [9.17, 15) is 9.00 Å². The molecule has 1 aromatic carbocycles. The summed E-state index contributed by atoms with van der Waals surface area (Å²) in [5.41, 5.74) is 0.678. The Morgan fingerprint density at radius 1 is 1.17 bits per heavy atom. The van der Waals surface area contributed by atoms with Gasteiger partial charge in [-0.05, 0) is 44.7 Å². The molecule has 0 aromatic heterocycles. The summed E-state index contributed by atoms with van der Waals surface area (Å²) in [5, 5.41) is 10.0. The summed E-state index contributed by atoms with van der Waals surface area (Å²) >= 11 is 0. The smallest absolute Gasteiger partial charge is 0.251 e. The van der Waals surface area contributed by atoms with Gasteiger partial charge < -0.3 is 16.0 Å². The molecule has 29 heavy (non-hydrogen) atoms. The molecule has 6 nitrogen and oxygen atoms in total. The zero-order valence-corrected chi connectivity index (χ0v) is 20.6. The molecule has 3 N–H and O–H groups in total. The monoisotopic (exact) mass is 534 g/mol. The van der Waals surface area contributed by atoms with Gasteiger partial charge in [-0.2, -0.15) is 0 Å². The number of carbonyl (C=O) groups is 1. The largest absolute Gasteiger partial charge is 0.357 e. The van der Waals surface area contributed by atoms with Crippen molar-refractivity contribution in [1.29, 1.82) is 0 Å². The fraction of sp³-hybridized carbons (Fsp3) is 0.619. The summed E-state index contributed by atoms with van der Waals surface area (Å²) in [6.45, 7) is 6.08. The summed E-state index contributed by atoms with van der Waals surface area (Å²) in [7, 11) is -0.722. The van der Waals surface area contributed by atoms with Crippen molar-refractivity contribution in [3.63, 3.8) is 0 Å². The lowest BCUT2D eigenvalue weighted by Crippen LogP contribution is -2.46. The Labute approximate surface area is 194 Å². The van der Waals surface area contributed by atoms with Crippen molar-refractivity contribution in [2.75, 3.05) is 25.4 Å². The van der Waals surface area contributed by atoms with E-state index in [0.717, 1.165) is 50.4 Å². The van der Waals surface area contributed by atoms with Crippen LogP contribution in [0.3, 0.4) is 0 Å². The van der Waals surface area contributed by atoms with Crippen molar-refractivity contribution in [2.45, 2.75) is 57.2 Å². The first-order valence-corrected chi connectivity index (χ1v) is 11.8. The highest BCUT2D eigenvalue weighted by Crippen LogP contribution is 2.22. The summed E-state index contributed by atoms with van der Waals surface area (Å²) < 4.78 is 12.1. The van der Waals surface area contributed by atoms with Gasteiger partial charge >= 0.3 is 0 Å². The molecule has 1 saturated carbocycles. The fourth-order valence-corrected chi connectivity index (χ4v) is 4.78. The lowest BCUT2D eigenvalue weighted by Gasteiger charge is -2.30. The van der Waals surface area contributed by atoms with Crippen LogP contribution >= 0.6 is 24.0 Å². The average Bonchev–Trinajstić information content (AvgIpc) is 2.73. The molecule has 0 saturated heterocycles. The van der Waals surface area contributed by atoms with Gasteiger partial charge in [0, 0.05) is 53.0 Å². The number of rotatable bonds is 9. The number of hydrogen-bond acceptors (Lipinski definition) is 3. The third-order valence-electron chi connectivity index (χ3n) is 4.89. The molecule has 0 aliphatic heterocycles. The van der Waals surface area contributed by atoms with Crippen LogP contribution in [0.5, 0.6) is 0 Å². The molecule has 0 radical (unpaired) electrons. The number of aliphatic imine (C=N–C) groups is 1. The minimum absolute atomic E-state index is 0. The predicted octanol–water partition coefficient (Wildman–Crippen LogP) is 3.06. The number of benzene rings is 1. The van der Waals surface area contributed by atoms with Gasteiger partial charge in [-0.3, -0.25) is 14.0 Å². The van der Waals surface area contributed by atoms with Crippen molar-refractivity contribution in [3.8, 4) is 0 Å². The summed E-state index contributed by atoms with van der Waals surface area (Å²) in [6, 6.07) is 9.56. The van der Waals surface area contributed by atoms with E-state index in [1.165, 1.54) is 0 Å². The standard InChI is InChI=1S/C21H34N4O2S.HI/c1-3-22-21(25-18-12-8-13-19(16-18)28(27)4-2)24-15-9-14-23-20(26)17-10-6-5-7-11-17;/h5-7,10-11,18-19H,3-4,8-9,12-16H2,1-2H3,(H,23,26)(H2,22,24,25);1H. The lowest BCUT2D eigenvalue weighted by atomic mass is 9.95. The summed E-state index contributed by atoms with van der Waals surface area (Å²) in [6.07, 6.45) is 4.99. The molecule has 164 valence electrons. The quantitative estimate of drug-likeness (QED) is 0.197. The van der Waals surface area contributed by atoms with Gasteiger partial charge in [-0.25, -0.2) is 0 Å². The van der Waals surface area contributed by atoms with Gasteiger partial charge in [-0.1, -0.05) is 31.5 Å². The van der Waals surface area contributed by atoms with Crippen LogP contribution in [0.25, 0.3) is 0 Å². The number of nitrogens with one attached hydrogen (secondary N) is 3. The summed E-state index contributed by atoms with van der Waals surface area (Å²) in [4.78, 5) is 16.7. The Hall–Kier alpha value is -1.16.